The standard InChI is InChI=1S/C20H17ClN2O3S/c1-13(19(25)22-16-9-5-8-15(21)10-16)26-18(24)11-17-12-27-20(23-17)14-6-3-2-4-7-14/h2-10,12-13H,11H2,1H3,(H,22,25). The van der Waals surface area contributed by atoms with E-state index in [9.17, 15) is 9.59 Å². The third kappa shape index (κ3) is 5.39. The van der Waals surface area contributed by atoms with Crippen LogP contribution in [0.5, 0.6) is 0 Å². The molecule has 3 rings (SSSR count). The quantitative estimate of drug-likeness (QED) is 0.615. The van der Waals surface area contributed by atoms with Crippen molar-refractivity contribution in [2.45, 2.75) is 19.4 Å². The smallest absolute Gasteiger partial charge is 0.312 e. The summed E-state index contributed by atoms with van der Waals surface area (Å²) in [7, 11) is 0. The Hall–Kier alpha value is -2.70. The van der Waals surface area contributed by atoms with Crippen LogP contribution in [0.4, 0.5) is 5.69 Å². The van der Waals surface area contributed by atoms with Gasteiger partial charge in [-0.2, -0.15) is 0 Å². The van der Waals surface area contributed by atoms with Crippen LogP contribution in [0.15, 0.2) is 60.0 Å². The van der Waals surface area contributed by atoms with Crippen molar-refractivity contribution in [3.63, 3.8) is 0 Å². The minimum atomic E-state index is -0.927. The number of rotatable bonds is 6. The largest absolute Gasteiger partial charge is 0.452 e. The summed E-state index contributed by atoms with van der Waals surface area (Å²) in [6, 6.07) is 16.5. The molecule has 5 nitrogen and oxygen atoms in total. The van der Waals surface area contributed by atoms with Gasteiger partial charge in [-0.25, -0.2) is 4.98 Å². The SMILES string of the molecule is CC(OC(=O)Cc1csc(-c2ccccc2)n1)C(=O)Nc1cccc(Cl)c1. The lowest BCUT2D eigenvalue weighted by molar-refractivity contribution is -0.152. The highest BCUT2D eigenvalue weighted by Crippen LogP contribution is 2.23. The van der Waals surface area contributed by atoms with E-state index in [1.807, 2.05) is 35.7 Å². The van der Waals surface area contributed by atoms with Crippen molar-refractivity contribution in [2.24, 2.45) is 0 Å². The highest BCUT2D eigenvalue weighted by molar-refractivity contribution is 7.13. The maximum atomic E-state index is 12.2. The van der Waals surface area contributed by atoms with Gasteiger partial charge in [0.2, 0.25) is 0 Å². The highest BCUT2D eigenvalue weighted by atomic mass is 35.5. The lowest BCUT2D eigenvalue weighted by Gasteiger charge is -2.13. The zero-order valence-electron chi connectivity index (χ0n) is 14.5. The van der Waals surface area contributed by atoms with Crippen LogP contribution < -0.4 is 5.32 Å². The van der Waals surface area contributed by atoms with Gasteiger partial charge in [0.05, 0.1) is 12.1 Å². The fourth-order valence-corrected chi connectivity index (χ4v) is 3.37. The van der Waals surface area contributed by atoms with Gasteiger partial charge in [0.1, 0.15) is 5.01 Å². The van der Waals surface area contributed by atoms with E-state index in [1.54, 1.807) is 24.3 Å². The van der Waals surface area contributed by atoms with Crippen LogP contribution in [0.1, 0.15) is 12.6 Å². The van der Waals surface area contributed by atoms with Gasteiger partial charge >= 0.3 is 5.97 Å². The van der Waals surface area contributed by atoms with Crippen LogP contribution >= 0.6 is 22.9 Å². The number of anilines is 1. The molecule has 3 aromatic rings. The summed E-state index contributed by atoms with van der Waals surface area (Å²) in [5.74, 6) is -0.928. The Kier molecular flexibility index (Phi) is 6.21. The van der Waals surface area contributed by atoms with Gasteiger partial charge in [-0.3, -0.25) is 9.59 Å². The Morgan fingerprint density at radius 2 is 1.96 bits per heavy atom. The molecule has 0 fully saturated rings. The van der Waals surface area contributed by atoms with Gasteiger partial charge in [-0.1, -0.05) is 48.0 Å². The average Bonchev–Trinajstić information content (AvgIpc) is 3.10. The van der Waals surface area contributed by atoms with Gasteiger partial charge in [-0.15, -0.1) is 11.3 Å². The molecule has 1 aromatic heterocycles. The number of carbonyl (C=O) groups is 2. The summed E-state index contributed by atoms with van der Waals surface area (Å²) in [5.41, 5.74) is 2.16. The molecule has 0 bridgehead atoms. The fraction of sp³-hybridized carbons (Fsp3) is 0.150. The van der Waals surface area contributed by atoms with E-state index in [1.165, 1.54) is 18.3 Å². The van der Waals surface area contributed by atoms with Crippen molar-refractivity contribution >= 4 is 40.5 Å². The summed E-state index contributed by atoms with van der Waals surface area (Å²) in [4.78, 5) is 28.7. The molecule has 2 aromatic carbocycles. The van der Waals surface area contributed by atoms with Crippen LogP contribution in [-0.4, -0.2) is 23.0 Å². The lowest BCUT2D eigenvalue weighted by atomic mass is 10.2. The Morgan fingerprint density at radius 1 is 1.19 bits per heavy atom. The summed E-state index contributed by atoms with van der Waals surface area (Å²) in [5, 5.41) is 5.83. The molecule has 27 heavy (non-hydrogen) atoms. The summed E-state index contributed by atoms with van der Waals surface area (Å²) < 4.78 is 5.21. The molecule has 0 aliphatic carbocycles. The van der Waals surface area contributed by atoms with Crippen LogP contribution in [-0.2, 0) is 20.7 Å². The van der Waals surface area contributed by atoms with Gasteiger partial charge < -0.3 is 10.1 Å². The Bertz CT molecular complexity index is 943. The first-order chi connectivity index (χ1) is 13.0. The van der Waals surface area contributed by atoms with Crippen LogP contribution in [0.3, 0.4) is 0 Å². The highest BCUT2D eigenvalue weighted by Gasteiger charge is 2.19. The number of aromatic nitrogens is 1. The number of thiazole rings is 1. The molecule has 0 radical (unpaired) electrons. The molecule has 0 aliphatic rings. The normalized spacial score (nSPS) is 11.6. The van der Waals surface area contributed by atoms with Crippen LogP contribution in [0.25, 0.3) is 10.6 Å². The Morgan fingerprint density at radius 3 is 2.70 bits per heavy atom. The molecule has 1 unspecified atom stereocenters. The topological polar surface area (TPSA) is 68.3 Å². The number of hydrogen-bond donors (Lipinski definition) is 1. The third-order valence-electron chi connectivity index (χ3n) is 3.67. The van der Waals surface area contributed by atoms with Crippen molar-refractivity contribution in [2.75, 3.05) is 5.32 Å². The maximum Gasteiger partial charge on any atom is 0.312 e. The molecule has 0 spiro atoms. The van der Waals surface area contributed by atoms with E-state index in [4.69, 9.17) is 16.3 Å². The Balaban J connectivity index is 1.54. The first-order valence-corrected chi connectivity index (χ1v) is 9.53. The van der Waals surface area contributed by atoms with Crippen molar-refractivity contribution in [1.29, 1.82) is 0 Å². The van der Waals surface area contributed by atoms with E-state index in [-0.39, 0.29) is 6.42 Å². The molecule has 1 heterocycles. The number of benzene rings is 2. The molecule has 1 N–H and O–H groups in total. The number of amides is 1. The van der Waals surface area contributed by atoms with Crippen LogP contribution in [0.2, 0.25) is 5.02 Å². The maximum absolute atomic E-state index is 12.2. The molecule has 138 valence electrons. The van der Waals surface area contributed by atoms with Gasteiger partial charge in [0.25, 0.3) is 5.91 Å². The minimum Gasteiger partial charge on any atom is -0.452 e. The summed E-state index contributed by atoms with van der Waals surface area (Å²) in [6.07, 6.45) is -0.915. The zero-order valence-corrected chi connectivity index (χ0v) is 16.1. The second kappa shape index (κ2) is 8.79. The zero-order chi connectivity index (χ0) is 19.2. The number of ether oxygens (including phenoxy) is 1. The Labute approximate surface area is 166 Å². The molecular formula is C20H17ClN2O3S. The molecule has 7 heteroatoms. The van der Waals surface area contributed by atoms with Crippen molar-refractivity contribution < 1.29 is 14.3 Å². The molecule has 0 aliphatic heterocycles. The third-order valence-corrected chi connectivity index (χ3v) is 4.84. The van der Waals surface area contributed by atoms with Crippen molar-refractivity contribution in [3.05, 3.63) is 70.7 Å². The van der Waals surface area contributed by atoms with Gasteiger partial charge in [0.15, 0.2) is 6.10 Å². The number of halogens is 1. The molecule has 1 atom stereocenters. The van der Waals surface area contributed by atoms with E-state index < -0.39 is 18.0 Å². The van der Waals surface area contributed by atoms with Crippen LogP contribution in [0, 0.1) is 0 Å². The number of hydrogen-bond acceptors (Lipinski definition) is 5. The van der Waals surface area contributed by atoms with Gasteiger partial charge in [-0.05, 0) is 25.1 Å². The molecule has 1 amide bonds. The van der Waals surface area contributed by atoms with E-state index in [0.29, 0.717) is 16.4 Å². The average molecular weight is 401 g/mol. The van der Waals surface area contributed by atoms with Crippen molar-refractivity contribution in [1.82, 2.24) is 4.98 Å². The number of carbonyl (C=O) groups excluding carboxylic acids is 2. The lowest BCUT2D eigenvalue weighted by Crippen LogP contribution is -2.30. The molecule has 0 saturated carbocycles. The second-order valence-electron chi connectivity index (χ2n) is 5.82. The first-order valence-electron chi connectivity index (χ1n) is 8.27. The van der Waals surface area contributed by atoms with E-state index in [0.717, 1.165) is 10.6 Å². The fourth-order valence-electron chi connectivity index (χ4n) is 2.35. The minimum absolute atomic E-state index is 0.0120. The number of esters is 1. The predicted octanol–water partition coefficient (Wildman–Crippen LogP) is 4.58. The number of nitrogens with zero attached hydrogens (tertiary/aromatic N) is 1. The second-order valence-corrected chi connectivity index (χ2v) is 7.11. The monoisotopic (exact) mass is 400 g/mol. The molecule has 0 saturated heterocycles. The van der Waals surface area contributed by atoms with Crippen molar-refractivity contribution in [3.8, 4) is 10.6 Å². The van der Waals surface area contributed by atoms with Gasteiger partial charge in [0, 0.05) is 21.7 Å². The summed E-state index contributed by atoms with van der Waals surface area (Å²) in [6.45, 7) is 1.52. The summed E-state index contributed by atoms with van der Waals surface area (Å²) >= 11 is 7.35. The predicted molar refractivity (Wildman–Crippen MR) is 107 cm³/mol. The van der Waals surface area contributed by atoms with E-state index in [2.05, 4.69) is 10.3 Å². The molecular weight excluding hydrogens is 384 g/mol. The first kappa shape index (κ1) is 19.1. The van der Waals surface area contributed by atoms with E-state index >= 15 is 0 Å². The number of nitrogens with one attached hydrogen (secondary N) is 1.